The SMILES string of the molecule is O=C(CCCCCN=C/C=C/c1ccccc1)N=C/C=C/c1ccccc1. The molecule has 0 heterocycles. The molecule has 3 heteroatoms. The molecule has 0 atom stereocenters. The van der Waals surface area contributed by atoms with Crippen LogP contribution in [0.25, 0.3) is 12.2 Å². The summed E-state index contributed by atoms with van der Waals surface area (Å²) in [7, 11) is 0. The maximum absolute atomic E-state index is 11.7. The minimum Gasteiger partial charge on any atom is -0.293 e. The van der Waals surface area contributed by atoms with E-state index >= 15 is 0 Å². The molecule has 138 valence electrons. The lowest BCUT2D eigenvalue weighted by molar-refractivity contribution is -0.117. The second kappa shape index (κ2) is 13.2. The first-order valence-corrected chi connectivity index (χ1v) is 9.35. The van der Waals surface area contributed by atoms with Crippen molar-refractivity contribution in [3.63, 3.8) is 0 Å². The lowest BCUT2D eigenvalue weighted by Gasteiger charge is -1.96. The molecule has 0 saturated carbocycles. The van der Waals surface area contributed by atoms with Crippen molar-refractivity contribution in [2.75, 3.05) is 6.54 Å². The number of rotatable bonds is 10. The number of amides is 1. The summed E-state index contributed by atoms with van der Waals surface area (Å²) in [5, 5.41) is 0. The van der Waals surface area contributed by atoms with Crippen molar-refractivity contribution in [2.24, 2.45) is 9.98 Å². The first-order valence-electron chi connectivity index (χ1n) is 9.35. The molecule has 2 aromatic rings. The first kappa shape index (κ1) is 20.2. The van der Waals surface area contributed by atoms with E-state index in [0.29, 0.717) is 6.42 Å². The van der Waals surface area contributed by atoms with E-state index in [9.17, 15) is 4.79 Å². The smallest absolute Gasteiger partial charge is 0.245 e. The molecule has 0 spiro atoms. The van der Waals surface area contributed by atoms with Gasteiger partial charge >= 0.3 is 0 Å². The molecule has 0 aliphatic carbocycles. The lowest BCUT2D eigenvalue weighted by Crippen LogP contribution is -1.93. The summed E-state index contributed by atoms with van der Waals surface area (Å²) < 4.78 is 0. The van der Waals surface area contributed by atoms with Crippen molar-refractivity contribution >= 4 is 30.5 Å². The van der Waals surface area contributed by atoms with Crippen LogP contribution in [0.2, 0.25) is 0 Å². The largest absolute Gasteiger partial charge is 0.293 e. The molecule has 0 radical (unpaired) electrons. The average molecular weight is 358 g/mol. The molecule has 0 aliphatic rings. The predicted octanol–water partition coefficient (Wildman–Crippen LogP) is 5.64. The highest BCUT2D eigenvalue weighted by atomic mass is 16.1. The summed E-state index contributed by atoms with van der Waals surface area (Å²) in [6.45, 7) is 0.788. The molecule has 0 aromatic heterocycles. The summed E-state index contributed by atoms with van der Waals surface area (Å²) >= 11 is 0. The minimum absolute atomic E-state index is 0.0676. The fraction of sp³-hybridized carbons (Fsp3) is 0.208. The van der Waals surface area contributed by atoms with Crippen molar-refractivity contribution < 1.29 is 4.79 Å². The molecule has 0 aliphatic heterocycles. The second-order valence-electron chi connectivity index (χ2n) is 6.08. The van der Waals surface area contributed by atoms with Gasteiger partial charge in [0.2, 0.25) is 5.91 Å². The van der Waals surface area contributed by atoms with E-state index in [0.717, 1.165) is 31.4 Å². The standard InChI is InChI=1S/C24H26N2O/c27-24(26-21-11-17-23-14-6-2-7-15-23)18-8-3-9-19-25-20-10-16-22-12-4-1-5-13-22/h1-2,4-7,10-17,20-21H,3,8-9,18-19H2/b16-10+,17-11+,25-20?,26-21?. The quantitative estimate of drug-likeness (QED) is 0.400. The number of unbranched alkanes of at least 4 members (excludes halogenated alkanes) is 2. The Hall–Kier alpha value is -3.07. The number of nitrogens with zero attached hydrogens (tertiary/aromatic N) is 2. The maximum Gasteiger partial charge on any atom is 0.245 e. The van der Waals surface area contributed by atoms with Crippen LogP contribution in [0.5, 0.6) is 0 Å². The van der Waals surface area contributed by atoms with Crippen LogP contribution >= 0.6 is 0 Å². The van der Waals surface area contributed by atoms with E-state index in [1.807, 2.05) is 73.0 Å². The van der Waals surface area contributed by atoms with Gasteiger partial charge in [-0.1, -0.05) is 79.2 Å². The van der Waals surface area contributed by atoms with Crippen LogP contribution in [-0.4, -0.2) is 24.9 Å². The van der Waals surface area contributed by atoms with Gasteiger partial charge in [-0.05, 0) is 36.1 Å². The summed E-state index contributed by atoms with van der Waals surface area (Å²) in [6, 6.07) is 20.1. The molecule has 2 aromatic carbocycles. The third-order valence-electron chi connectivity index (χ3n) is 3.85. The van der Waals surface area contributed by atoms with E-state index in [4.69, 9.17) is 0 Å². The third-order valence-corrected chi connectivity index (χ3v) is 3.85. The Labute approximate surface area is 161 Å². The van der Waals surface area contributed by atoms with Gasteiger partial charge in [-0.3, -0.25) is 9.79 Å². The molecule has 1 amide bonds. The van der Waals surface area contributed by atoms with E-state index in [2.05, 4.69) is 22.1 Å². The van der Waals surface area contributed by atoms with Gasteiger partial charge in [0.25, 0.3) is 0 Å². The van der Waals surface area contributed by atoms with E-state index < -0.39 is 0 Å². The highest BCUT2D eigenvalue weighted by Crippen LogP contribution is 2.03. The third kappa shape index (κ3) is 9.85. The van der Waals surface area contributed by atoms with Crippen LogP contribution in [0.1, 0.15) is 36.8 Å². The van der Waals surface area contributed by atoms with Crippen LogP contribution in [0.4, 0.5) is 0 Å². The van der Waals surface area contributed by atoms with Gasteiger partial charge in [-0.25, -0.2) is 4.99 Å². The zero-order valence-electron chi connectivity index (χ0n) is 15.6. The highest BCUT2D eigenvalue weighted by Gasteiger charge is 1.97. The van der Waals surface area contributed by atoms with Crippen molar-refractivity contribution in [1.82, 2.24) is 0 Å². The summed E-state index contributed by atoms with van der Waals surface area (Å²) in [6.07, 6.45) is 14.4. The number of carbonyl (C=O) groups excluding carboxylic acids is 1. The molecule has 0 fully saturated rings. The Kier molecular flexibility index (Phi) is 9.88. The normalized spacial score (nSPS) is 12.0. The van der Waals surface area contributed by atoms with E-state index in [1.54, 1.807) is 12.3 Å². The predicted molar refractivity (Wildman–Crippen MR) is 116 cm³/mol. The summed E-state index contributed by atoms with van der Waals surface area (Å²) in [4.78, 5) is 20.0. The maximum atomic E-state index is 11.7. The molecule has 27 heavy (non-hydrogen) atoms. The topological polar surface area (TPSA) is 41.8 Å². The Morgan fingerprint density at radius 1 is 0.741 bits per heavy atom. The lowest BCUT2D eigenvalue weighted by atomic mass is 10.2. The van der Waals surface area contributed by atoms with Gasteiger partial charge in [0.1, 0.15) is 0 Å². The fourth-order valence-electron chi connectivity index (χ4n) is 2.42. The monoisotopic (exact) mass is 358 g/mol. The Bertz CT molecular complexity index is 775. The number of carbonyl (C=O) groups is 1. The van der Waals surface area contributed by atoms with Crippen LogP contribution in [-0.2, 0) is 4.79 Å². The van der Waals surface area contributed by atoms with Gasteiger partial charge in [0.15, 0.2) is 0 Å². The van der Waals surface area contributed by atoms with E-state index in [1.165, 1.54) is 5.56 Å². The number of benzene rings is 2. The van der Waals surface area contributed by atoms with Gasteiger partial charge in [0, 0.05) is 25.4 Å². The average Bonchev–Trinajstić information content (AvgIpc) is 2.71. The van der Waals surface area contributed by atoms with Crippen LogP contribution < -0.4 is 0 Å². The molecular formula is C24H26N2O. The van der Waals surface area contributed by atoms with Crippen molar-refractivity contribution in [1.29, 1.82) is 0 Å². The van der Waals surface area contributed by atoms with Gasteiger partial charge in [-0.15, -0.1) is 0 Å². The number of hydrogen-bond acceptors (Lipinski definition) is 2. The second-order valence-corrected chi connectivity index (χ2v) is 6.08. The van der Waals surface area contributed by atoms with Gasteiger partial charge in [-0.2, -0.15) is 0 Å². The Balaban J connectivity index is 1.51. The van der Waals surface area contributed by atoms with Crippen LogP contribution in [0, 0.1) is 0 Å². The minimum atomic E-state index is -0.0676. The summed E-state index contributed by atoms with van der Waals surface area (Å²) in [5.74, 6) is -0.0676. The number of allylic oxidation sites excluding steroid dienone is 2. The zero-order chi connectivity index (χ0) is 19.0. The number of hydrogen-bond donors (Lipinski definition) is 0. The zero-order valence-corrected chi connectivity index (χ0v) is 15.6. The van der Waals surface area contributed by atoms with Crippen LogP contribution in [0.3, 0.4) is 0 Å². The molecule has 2 rings (SSSR count). The molecular weight excluding hydrogens is 332 g/mol. The molecule has 3 nitrogen and oxygen atoms in total. The molecule has 0 N–H and O–H groups in total. The fourth-order valence-corrected chi connectivity index (χ4v) is 2.42. The van der Waals surface area contributed by atoms with Crippen molar-refractivity contribution in [3.05, 3.63) is 83.9 Å². The highest BCUT2D eigenvalue weighted by molar-refractivity contribution is 5.90. The van der Waals surface area contributed by atoms with Gasteiger partial charge in [0.05, 0.1) is 0 Å². The van der Waals surface area contributed by atoms with E-state index in [-0.39, 0.29) is 5.91 Å². The summed E-state index contributed by atoms with van der Waals surface area (Å²) in [5.41, 5.74) is 2.26. The van der Waals surface area contributed by atoms with Gasteiger partial charge < -0.3 is 0 Å². The Morgan fingerprint density at radius 2 is 1.33 bits per heavy atom. The van der Waals surface area contributed by atoms with Crippen molar-refractivity contribution in [3.8, 4) is 0 Å². The van der Waals surface area contributed by atoms with Crippen LogP contribution in [0.15, 0.2) is 82.8 Å². The number of aliphatic imine (C=N–C) groups is 2. The first-order chi connectivity index (χ1) is 13.3. The molecule has 0 bridgehead atoms. The molecule has 0 saturated heterocycles. The molecule has 0 unspecified atom stereocenters. The Morgan fingerprint density at radius 3 is 1.96 bits per heavy atom. The van der Waals surface area contributed by atoms with Crippen molar-refractivity contribution in [2.45, 2.75) is 25.7 Å².